The highest BCUT2D eigenvalue weighted by Crippen LogP contribution is 2.62. The Hall–Kier alpha value is -2.88. The number of carbonyl (C=O) groups excluding carboxylic acids is 4. The zero-order chi connectivity index (χ0) is 32.5. The van der Waals surface area contributed by atoms with Gasteiger partial charge in [0.15, 0.2) is 4.87 Å². The molecule has 2 aromatic carbocycles. The second-order valence-corrected chi connectivity index (χ2v) is 16.7. The maximum absolute atomic E-state index is 13.5. The van der Waals surface area contributed by atoms with E-state index in [2.05, 4.69) is 6.58 Å². The number of hydrogen-bond donors (Lipinski definition) is 2. The fourth-order valence-corrected chi connectivity index (χ4v) is 13.4. The number of nitrogens with zero attached hydrogens (tertiary/aromatic N) is 4. The van der Waals surface area contributed by atoms with Crippen molar-refractivity contribution >= 4 is 84.5 Å². The minimum absolute atomic E-state index is 0.200. The maximum atomic E-state index is 13.5. The summed E-state index contributed by atoms with van der Waals surface area (Å²) in [5, 5.41) is 19.9. The molecule has 4 amide bonds. The lowest BCUT2D eigenvalue weighted by atomic mass is 9.92. The second kappa shape index (κ2) is 11.1. The summed E-state index contributed by atoms with van der Waals surface area (Å²) in [4.78, 5) is 53.7. The van der Waals surface area contributed by atoms with Gasteiger partial charge in [-0.1, -0.05) is 78.1 Å². The van der Waals surface area contributed by atoms with Crippen LogP contribution in [0.15, 0.2) is 55.1 Å². The minimum atomic E-state index is -1.33. The van der Waals surface area contributed by atoms with Crippen molar-refractivity contribution in [2.24, 2.45) is 0 Å². The lowest BCUT2D eigenvalue weighted by Gasteiger charge is -2.58. The predicted octanol–water partition coefficient (Wildman–Crippen LogP) is 2.83. The number of hydrogen-bond acceptors (Lipinski definition) is 10. The number of benzene rings is 2. The number of rotatable bonds is 8. The molecule has 0 aliphatic carbocycles. The molecule has 0 aromatic heterocycles. The van der Waals surface area contributed by atoms with Gasteiger partial charge in [0.2, 0.25) is 14.6 Å². The highest BCUT2D eigenvalue weighted by molar-refractivity contribution is 8.78. The molecule has 0 unspecified atom stereocenters. The summed E-state index contributed by atoms with van der Waals surface area (Å²) < 4.78 is 0. The summed E-state index contributed by atoms with van der Waals surface area (Å²) in [5.41, 5.74) is 4.00. The third-order valence-corrected chi connectivity index (χ3v) is 16.6. The first-order chi connectivity index (χ1) is 21.3. The van der Waals surface area contributed by atoms with Crippen LogP contribution in [0.4, 0.5) is 0 Å². The smallest absolute Gasteiger partial charge is 0.266 e. The highest BCUT2D eigenvalue weighted by atomic mass is 33.1. The Bertz CT molecular complexity index is 1650. The molecule has 2 aromatic rings. The molecule has 45 heavy (non-hydrogen) atoms. The fraction of sp³-hybridized carbons (Fsp3) is 0.355. The van der Waals surface area contributed by atoms with Gasteiger partial charge in [-0.15, -0.1) is 0 Å². The number of piperazine rings is 2. The molecule has 4 atom stereocenters. The topological polar surface area (TPSA) is 122 Å². The van der Waals surface area contributed by atoms with Crippen LogP contribution in [-0.2, 0) is 25.6 Å². The number of aliphatic hydroxyl groups excluding tert-OH is 2. The molecule has 2 N–H and O–H groups in total. The first-order valence-electron chi connectivity index (χ1n) is 14.0. The Balaban J connectivity index is 1.15. The van der Waals surface area contributed by atoms with Crippen molar-refractivity contribution in [2.75, 3.05) is 41.4 Å². The zero-order valence-corrected chi connectivity index (χ0v) is 28.3. The molecular formula is C31H32N4O6S4. The monoisotopic (exact) mass is 684 g/mol. The van der Waals surface area contributed by atoms with Crippen LogP contribution in [-0.4, -0.2) is 114 Å². The fourth-order valence-electron chi connectivity index (χ4n) is 6.07. The summed E-state index contributed by atoms with van der Waals surface area (Å²) >= 11 is 0. The van der Waals surface area contributed by atoms with E-state index in [-0.39, 0.29) is 23.6 Å². The molecule has 6 aliphatic rings. The van der Waals surface area contributed by atoms with Crippen molar-refractivity contribution in [1.82, 2.24) is 19.6 Å². The van der Waals surface area contributed by atoms with Gasteiger partial charge in [0.1, 0.15) is 0 Å². The molecule has 236 valence electrons. The number of likely N-dealkylation sites (N-methyl/N-ethyl adjacent to an activating group) is 4. The maximum Gasteiger partial charge on any atom is 0.266 e. The second-order valence-electron chi connectivity index (χ2n) is 11.5. The molecule has 6 heterocycles. The van der Waals surface area contributed by atoms with Crippen LogP contribution in [0.25, 0.3) is 17.7 Å². The number of carbonyl (C=O) groups is 4. The average Bonchev–Trinajstić information content (AvgIpc) is 3.06. The van der Waals surface area contributed by atoms with Gasteiger partial charge in [-0.05, 0) is 60.2 Å². The van der Waals surface area contributed by atoms with Crippen molar-refractivity contribution < 1.29 is 29.4 Å². The summed E-state index contributed by atoms with van der Waals surface area (Å²) in [7, 11) is 11.3. The average molecular weight is 685 g/mol. The van der Waals surface area contributed by atoms with E-state index in [9.17, 15) is 29.4 Å². The van der Waals surface area contributed by atoms with Gasteiger partial charge in [0.05, 0.1) is 13.2 Å². The van der Waals surface area contributed by atoms with E-state index < -0.39 is 32.7 Å². The molecule has 6 fully saturated rings. The Kier molecular flexibility index (Phi) is 7.93. The largest absolute Gasteiger partial charge is 0.392 e. The van der Waals surface area contributed by atoms with Gasteiger partial charge in [0.25, 0.3) is 23.6 Å². The SMILES string of the molecule is C=C(c1ccc(/C=C/c2ccc(C[C@@]34SS[C@@](CO)(C(=O)N3C)N(C)C4=O)cc2)cc1)[C@@]12SS[C@@](CO)(C(=O)N1C)N(C)C2=O. The molecule has 6 aliphatic heterocycles. The summed E-state index contributed by atoms with van der Waals surface area (Å²) in [6.07, 6.45) is 4.27. The number of aliphatic hydroxyl groups is 2. The molecular weight excluding hydrogens is 653 g/mol. The molecule has 0 spiro atoms. The Morgan fingerprint density at radius 2 is 1.07 bits per heavy atom. The van der Waals surface area contributed by atoms with Crippen molar-refractivity contribution in [1.29, 1.82) is 0 Å². The lowest BCUT2D eigenvalue weighted by molar-refractivity contribution is -0.165. The predicted molar refractivity (Wildman–Crippen MR) is 181 cm³/mol. The van der Waals surface area contributed by atoms with E-state index in [0.29, 0.717) is 12.0 Å². The third-order valence-electron chi connectivity index (χ3n) is 9.21. The first-order valence-corrected chi connectivity index (χ1v) is 18.3. The van der Waals surface area contributed by atoms with E-state index in [0.717, 1.165) is 22.3 Å². The van der Waals surface area contributed by atoms with Gasteiger partial charge < -0.3 is 29.8 Å². The van der Waals surface area contributed by atoms with E-state index in [1.54, 1.807) is 28.2 Å². The third kappa shape index (κ3) is 4.29. The molecule has 0 saturated carbocycles. The van der Waals surface area contributed by atoms with Crippen molar-refractivity contribution in [3.05, 3.63) is 77.4 Å². The first kappa shape index (κ1) is 32.1. The van der Waals surface area contributed by atoms with Crippen molar-refractivity contribution in [3.63, 3.8) is 0 Å². The Morgan fingerprint density at radius 1 is 0.644 bits per heavy atom. The van der Waals surface area contributed by atoms with Crippen LogP contribution >= 0.6 is 43.2 Å². The highest BCUT2D eigenvalue weighted by Gasteiger charge is 2.69. The minimum Gasteiger partial charge on any atom is -0.392 e. The van der Waals surface area contributed by atoms with Gasteiger partial charge >= 0.3 is 0 Å². The summed E-state index contributed by atoms with van der Waals surface area (Å²) in [5.74, 6) is -1.10. The van der Waals surface area contributed by atoms with E-state index >= 15 is 0 Å². The molecule has 4 bridgehead atoms. The van der Waals surface area contributed by atoms with Crippen LogP contribution in [0.2, 0.25) is 0 Å². The van der Waals surface area contributed by atoms with Crippen LogP contribution in [0.1, 0.15) is 22.3 Å². The normalized spacial score (nSPS) is 31.2. The molecule has 14 heteroatoms. The molecule has 10 nitrogen and oxygen atoms in total. The van der Waals surface area contributed by atoms with E-state index in [1.165, 1.54) is 62.8 Å². The summed E-state index contributed by atoms with van der Waals surface area (Å²) in [6, 6.07) is 15.4. The standard InChI is InChI=1S/C31H32N4O6S4/c1-19(31-27(41)34(4)30(18-37,44-45-31)26(40)35(31)5)23-14-12-21(13-15-23)7-6-20-8-10-22(11-9-20)16-28-24(38)33(3)29(17-36,43-42-28)25(39)32(28)2/h6-15,36-37H,1,16-18H2,2-5H3/b7-6+/t28-,29-,30-,31-/m0/s1. The Morgan fingerprint density at radius 3 is 1.62 bits per heavy atom. The van der Waals surface area contributed by atoms with Gasteiger partial charge in [-0.2, -0.15) is 0 Å². The van der Waals surface area contributed by atoms with Crippen molar-refractivity contribution in [3.8, 4) is 0 Å². The van der Waals surface area contributed by atoms with Gasteiger partial charge in [0, 0.05) is 34.6 Å². The quantitative estimate of drug-likeness (QED) is 0.317. The molecule has 8 rings (SSSR count). The van der Waals surface area contributed by atoms with Gasteiger partial charge in [-0.25, -0.2) is 0 Å². The van der Waals surface area contributed by atoms with Gasteiger partial charge in [-0.3, -0.25) is 19.2 Å². The Labute approximate surface area is 277 Å². The zero-order valence-electron chi connectivity index (χ0n) is 25.1. The molecule has 0 radical (unpaired) electrons. The summed E-state index contributed by atoms with van der Waals surface area (Å²) in [6.45, 7) is 3.32. The van der Waals surface area contributed by atoms with Crippen molar-refractivity contribution in [2.45, 2.75) is 25.9 Å². The molecule has 6 saturated heterocycles. The van der Waals surface area contributed by atoms with E-state index in [4.69, 9.17) is 0 Å². The van der Waals surface area contributed by atoms with Crippen LogP contribution in [0.3, 0.4) is 0 Å². The van der Waals surface area contributed by atoms with Crippen LogP contribution in [0, 0.1) is 0 Å². The van der Waals surface area contributed by atoms with E-state index in [1.807, 2.05) is 60.7 Å². The van der Waals surface area contributed by atoms with Crippen LogP contribution < -0.4 is 0 Å². The number of amides is 4. The number of fused-ring (bicyclic) bond motifs is 6. The van der Waals surface area contributed by atoms with Crippen LogP contribution in [0.5, 0.6) is 0 Å². The lowest BCUT2D eigenvalue weighted by Crippen LogP contribution is -2.77.